The molecule has 0 aliphatic carbocycles. The fourth-order valence-corrected chi connectivity index (χ4v) is 2.31. The number of hydrogen-bond donors (Lipinski definition) is 0. The third-order valence-corrected chi connectivity index (χ3v) is 3.25. The lowest BCUT2D eigenvalue weighted by atomic mass is 10.2. The first kappa shape index (κ1) is 13.8. The number of carbonyl (C=O) groups excluding carboxylic acids is 1. The van der Waals surface area contributed by atoms with Gasteiger partial charge in [-0.05, 0) is 31.5 Å². The van der Waals surface area contributed by atoms with Crippen LogP contribution in [0.25, 0.3) is 5.69 Å². The minimum atomic E-state index is -0.319. The van der Waals surface area contributed by atoms with Crippen LogP contribution in [-0.2, 0) is 11.2 Å². The van der Waals surface area contributed by atoms with Crippen molar-refractivity contribution in [3.05, 3.63) is 46.2 Å². The van der Waals surface area contributed by atoms with Gasteiger partial charge in [-0.3, -0.25) is 0 Å². The lowest BCUT2D eigenvalue weighted by molar-refractivity contribution is 0.0525. The molecule has 0 atom stereocenters. The average Bonchev–Trinajstić information content (AvgIpc) is 2.82. The molecule has 2 aromatic rings. The Hall–Kier alpha value is -1.62. The van der Waals surface area contributed by atoms with Gasteiger partial charge in [0.15, 0.2) is 0 Å². The van der Waals surface area contributed by atoms with Gasteiger partial charge in [-0.2, -0.15) is 5.10 Å². The van der Waals surface area contributed by atoms with Crippen molar-refractivity contribution in [1.29, 1.82) is 0 Å². The second-order valence-electron chi connectivity index (χ2n) is 3.97. The standard InChI is InChI=1S/C14H15BrN2O2/c1-3-13-12(14(18)19-4-2)9-16-17(13)11-7-5-6-10(15)8-11/h5-9H,3-4H2,1-2H3. The molecule has 0 aliphatic heterocycles. The first-order valence-corrected chi connectivity index (χ1v) is 6.96. The minimum absolute atomic E-state index is 0.319. The van der Waals surface area contributed by atoms with Gasteiger partial charge in [0.1, 0.15) is 5.56 Å². The summed E-state index contributed by atoms with van der Waals surface area (Å²) in [4.78, 5) is 11.9. The Morgan fingerprint density at radius 3 is 2.84 bits per heavy atom. The van der Waals surface area contributed by atoms with E-state index in [4.69, 9.17) is 4.74 Å². The first-order valence-electron chi connectivity index (χ1n) is 6.17. The van der Waals surface area contributed by atoms with Gasteiger partial charge in [0.2, 0.25) is 0 Å². The topological polar surface area (TPSA) is 44.1 Å². The largest absolute Gasteiger partial charge is 0.462 e. The molecule has 0 amide bonds. The van der Waals surface area contributed by atoms with Gasteiger partial charge < -0.3 is 4.74 Å². The van der Waals surface area contributed by atoms with Gasteiger partial charge in [-0.15, -0.1) is 0 Å². The van der Waals surface area contributed by atoms with Gasteiger partial charge >= 0.3 is 5.97 Å². The number of carbonyl (C=O) groups is 1. The Morgan fingerprint density at radius 1 is 1.42 bits per heavy atom. The molecule has 0 fully saturated rings. The Morgan fingerprint density at radius 2 is 2.21 bits per heavy atom. The second kappa shape index (κ2) is 6.02. The third kappa shape index (κ3) is 2.87. The number of benzene rings is 1. The maximum absolute atomic E-state index is 11.9. The van der Waals surface area contributed by atoms with Crippen LogP contribution in [0.3, 0.4) is 0 Å². The van der Waals surface area contributed by atoms with Crippen LogP contribution in [0.4, 0.5) is 0 Å². The molecule has 1 aromatic heterocycles. The zero-order chi connectivity index (χ0) is 13.8. The summed E-state index contributed by atoms with van der Waals surface area (Å²) < 4.78 is 7.79. The summed E-state index contributed by atoms with van der Waals surface area (Å²) in [5.41, 5.74) is 2.31. The van der Waals surface area contributed by atoms with Crippen molar-refractivity contribution in [3.8, 4) is 5.69 Å². The van der Waals surface area contributed by atoms with Gasteiger partial charge in [0, 0.05) is 4.47 Å². The molecule has 4 nitrogen and oxygen atoms in total. The summed E-state index contributed by atoms with van der Waals surface area (Å²) in [5.74, 6) is -0.319. The summed E-state index contributed by atoms with van der Waals surface area (Å²) in [6.45, 7) is 4.15. The molecule has 0 N–H and O–H groups in total. The Bertz CT molecular complexity index is 593. The maximum Gasteiger partial charge on any atom is 0.341 e. The summed E-state index contributed by atoms with van der Waals surface area (Å²) >= 11 is 3.43. The predicted octanol–water partition coefficient (Wildman–Crippen LogP) is 3.37. The fraction of sp³-hybridized carbons (Fsp3) is 0.286. The summed E-state index contributed by atoms with van der Waals surface area (Å²) in [7, 11) is 0. The highest BCUT2D eigenvalue weighted by atomic mass is 79.9. The van der Waals surface area contributed by atoms with E-state index >= 15 is 0 Å². The second-order valence-corrected chi connectivity index (χ2v) is 4.89. The van der Waals surface area contributed by atoms with E-state index in [9.17, 15) is 4.79 Å². The SMILES string of the molecule is CCOC(=O)c1cnn(-c2cccc(Br)c2)c1CC. The zero-order valence-corrected chi connectivity index (χ0v) is 12.5. The van der Waals surface area contributed by atoms with Crippen LogP contribution in [0.1, 0.15) is 29.9 Å². The maximum atomic E-state index is 11.9. The Balaban J connectivity index is 2.45. The van der Waals surface area contributed by atoms with Crippen molar-refractivity contribution < 1.29 is 9.53 Å². The van der Waals surface area contributed by atoms with E-state index in [1.807, 2.05) is 31.2 Å². The van der Waals surface area contributed by atoms with E-state index in [-0.39, 0.29) is 5.97 Å². The van der Waals surface area contributed by atoms with Crippen LogP contribution in [0.5, 0.6) is 0 Å². The summed E-state index contributed by atoms with van der Waals surface area (Å²) in [5, 5.41) is 4.30. The van der Waals surface area contributed by atoms with E-state index in [1.165, 1.54) is 0 Å². The smallest absolute Gasteiger partial charge is 0.341 e. The molecule has 0 radical (unpaired) electrons. The quantitative estimate of drug-likeness (QED) is 0.810. The van der Waals surface area contributed by atoms with Crippen molar-refractivity contribution in [2.45, 2.75) is 20.3 Å². The molecule has 0 saturated heterocycles. The molecule has 19 heavy (non-hydrogen) atoms. The fourth-order valence-electron chi connectivity index (χ4n) is 1.92. The first-order chi connectivity index (χ1) is 9.17. The van der Waals surface area contributed by atoms with E-state index < -0.39 is 0 Å². The number of ether oxygens (including phenoxy) is 1. The zero-order valence-electron chi connectivity index (χ0n) is 10.9. The highest BCUT2D eigenvalue weighted by molar-refractivity contribution is 9.10. The monoisotopic (exact) mass is 322 g/mol. The number of nitrogens with zero attached hydrogens (tertiary/aromatic N) is 2. The van der Waals surface area contributed by atoms with Crippen LogP contribution in [-0.4, -0.2) is 22.4 Å². The van der Waals surface area contributed by atoms with Gasteiger partial charge in [-0.1, -0.05) is 28.9 Å². The average molecular weight is 323 g/mol. The van der Waals surface area contributed by atoms with E-state index in [0.717, 1.165) is 15.9 Å². The Labute approximate surface area is 120 Å². The highest BCUT2D eigenvalue weighted by Crippen LogP contribution is 2.19. The van der Waals surface area contributed by atoms with Crippen molar-refractivity contribution in [1.82, 2.24) is 9.78 Å². The molecule has 0 bridgehead atoms. The lowest BCUT2D eigenvalue weighted by Gasteiger charge is -2.08. The Kier molecular flexibility index (Phi) is 4.37. The van der Waals surface area contributed by atoms with Gasteiger partial charge in [-0.25, -0.2) is 9.48 Å². The van der Waals surface area contributed by atoms with Gasteiger partial charge in [0.05, 0.1) is 24.2 Å². The van der Waals surface area contributed by atoms with Crippen molar-refractivity contribution in [2.24, 2.45) is 0 Å². The van der Waals surface area contributed by atoms with Crippen molar-refractivity contribution in [2.75, 3.05) is 6.61 Å². The molecule has 5 heteroatoms. The molecule has 0 saturated carbocycles. The van der Waals surface area contributed by atoms with Crippen LogP contribution >= 0.6 is 15.9 Å². The molecule has 0 unspecified atom stereocenters. The normalized spacial score (nSPS) is 10.5. The molecule has 0 aliphatic rings. The number of esters is 1. The summed E-state index contributed by atoms with van der Waals surface area (Å²) in [6, 6.07) is 7.79. The van der Waals surface area contributed by atoms with E-state index in [0.29, 0.717) is 18.6 Å². The molecule has 0 spiro atoms. The molecule has 2 rings (SSSR count). The third-order valence-electron chi connectivity index (χ3n) is 2.75. The van der Waals surface area contributed by atoms with Crippen LogP contribution in [0, 0.1) is 0 Å². The van der Waals surface area contributed by atoms with E-state index in [1.54, 1.807) is 17.8 Å². The summed E-state index contributed by atoms with van der Waals surface area (Å²) in [6.07, 6.45) is 2.28. The van der Waals surface area contributed by atoms with Crippen LogP contribution in [0.2, 0.25) is 0 Å². The molecule has 1 aromatic carbocycles. The lowest BCUT2D eigenvalue weighted by Crippen LogP contribution is -2.09. The number of aromatic nitrogens is 2. The van der Waals surface area contributed by atoms with Crippen LogP contribution < -0.4 is 0 Å². The van der Waals surface area contributed by atoms with E-state index in [2.05, 4.69) is 21.0 Å². The molecular formula is C14H15BrN2O2. The van der Waals surface area contributed by atoms with Crippen LogP contribution in [0.15, 0.2) is 34.9 Å². The van der Waals surface area contributed by atoms with Crippen molar-refractivity contribution in [3.63, 3.8) is 0 Å². The highest BCUT2D eigenvalue weighted by Gasteiger charge is 2.17. The van der Waals surface area contributed by atoms with Crippen molar-refractivity contribution >= 4 is 21.9 Å². The molecule has 100 valence electrons. The predicted molar refractivity (Wildman–Crippen MR) is 76.6 cm³/mol. The minimum Gasteiger partial charge on any atom is -0.462 e. The number of rotatable bonds is 4. The molecule has 1 heterocycles. The van der Waals surface area contributed by atoms with Gasteiger partial charge in [0.25, 0.3) is 0 Å². The molecular weight excluding hydrogens is 308 g/mol. The number of hydrogen-bond acceptors (Lipinski definition) is 3. The number of halogens is 1.